The van der Waals surface area contributed by atoms with E-state index in [9.17, 15) is 24.8 Å². The van der Waals surface area contributed by atoms with E-state index in [1.165, 1.54) is 40.5 Å². The minimum Gasteiger partial charge on any atom is -0.507 e. The van der Waals surface area contributed by atoms with Gasteiger partial charge in [0.25, 0.3) is 17.4 Å². The highest BCUT2D eigenvalue weighted by atomic mass is 32.1. The Morgan fingerprint density at radius 1 is 1.10 bits per heavy atom. The molecule has 31 heavy (non-hydrogen) atoms. The number of aliphatic hydroxyl groups excluding tert-OH is 1. The smallest absolute Gasteiger partial charge is 0.300 e. The summed E-state index contributed by atoms with van der Waals surface area (Å²) in [5.74, 6) is -2.02. The summed E-state index contributed by atoms with van der Waals surface area (Å²) in [7, 11) is 0. The van der Waals surface area contributed by atoms with Crippen LogP contribution in [0.2, 0.25) is 0 Å². The fourth-order valence-corrected chi connectivity index (χ4v) is 4.62. The van der Waals surface area contributed by atoms with Gasteiger partial charge in [0, 0.05) is 28.3 Å². The van der Waals surface area contributed by atoms with Crippen molar-refractivity contribution in [3.05, 3.63) is 97.2 Å². The van der Waals surface area contributed by atoms with Crippen LogP contribution in [0.3, 0.4) is 0 Å². The molecule has 1 atom stereocenters. The molecule has 1 aliphatic heterocycles. The third-order valence-electron chi connectivity index (χ3n) is 5.20. The van der Waals surface area contributed by atoms with Gasteiger partial charge >= 0.3 is 0 Å². The summed E-state index contributed by atoms with van der Waals surface area (Å²) < 4.78 is 0. The lowest BCUT2D eigenvalue weighted by Gasteiger charge is -2.26. The molecule has 0 radical (unpaired) electrons. The summed E-state index contributed by atoms with van der Waals surface area (Å²) in [4.78, 5) is 38.8. The van der Waals surface area contributed by atoms with Crippen LogP contribution in [0.4, 0.5) is 11.4 Å². The number of ketones is 1. The maximum atomic E-state index is 13.1. The molecule has 1 saturated heterocycles. The average Bonchev–Trinajstić information content (AvgIpc) is 3.35. The number of carbonyl (C=O) groups excluding carboxylic acids is 2. The molecule has 3 aromatic rings. The van der Waals surface area contributed by atoms with E-state index in [4.69, 9.17) is 0 Å². The highest BCUT2D eigenvalue weighted by molar-refractivity contribution is 7.10. The van der Waals surface area contributed by atoms with Crippen molar-refractivity contribution >= 4 is 40.2 Å². The number of thiophene rings is 1. The maximum absolute atomic E-state index is 13.1. The summed E-state index contributed by atoms with van der Waals surface area (Å²) in [5.41, 5.74) is 2.20. The van der Waals surface area contributed by atoms with E-state index in [1.807, 2.05) is 31.4 Å². The van der Waals surface area contributed by atoms with Crippen LogP contribution in [0, 0.1) is 24.0 Å². The Morgan fingerprint density at radius 3 is 2.52 bits per heavy atom. The van der Waals surface area contributed by atoms with Crippen molar-refractivity contribution in [2.75, 3.05) is 4.90 Å². The van der Waals surface area contributed by atoms with E-state index in [0.717, 1.165) is 11.1 Å². The maximum Gasteiger partial charge on any atom is 0.300 e. The minimum absolute atomic E-state index is 0.0899. The van der Waals surface area contributed by atoms with E-state index in [-0.39, 0.29) is 16.8 Å². The van der Waals surface area contributed by atoms with Gasteiger partial charge in [0.15, 0.2) is 0 Å². The Labute approximate surface area is 182 Å². The molecule has 1 aromatic heterocycles. The molecule has 0 spiro atoms. The van der Waals surface area contributed by atoms with Crippen molar-refractivity contribution in [3.8, 4) is 0 Å². The van der Waals surface area contributed by atoms with Gasteiger partial charge in [0.1, 0.15) is 11.8 Å². The number of benzene rings is 2. The van der Waals surface area contributed by atoms with Gasteiger partial charge in [-0.3, -0.25) is 24.6 Å². The molecule has 1 aliphatic rings. The van der Waals surface area contributed by atoms with Crippen LogP contribution in [0.25, 0.3) is 5.76 Å². The van der Waals surface area contributed by atoms with Crippen molar-refractivity contribution in [2.24, 2.45) is 0 Å². The number of rotatable bonds is 4. The molecular formula is C23H18N2O5S. The van der Waals surface area contributed by atoms with Gasteiger partial charge in [-0.05, 0) is 36.9 Å². The van der Waals surface area contributed by atoms with Gasteiger partial charge < -0.3 is 5.11 Å². The number of nitro benzene ring substituents is 1. The van der Waals surface area contributed by atoms with Crippen LogP contribution >= 0.6 is 11.3 Å². The number of aryl methyl sites for hydroxylation is 2. The van der Waals surface area contributed by atoms with Crippen LogP contribution in [-0.4, -0.2) is 21.7 Å². The quantitative estimate of drug-likeness (QED) is 0.207. The second-order valence-corrected chi connectivity index (χ2v) is 8.26. The first-order valence-electron chi connectivity index (χ1n) is 9.46. The zero-order chi connectivity index (χ0) is 22.3. The Balaban J connectivity index is 1.94. The normalized spacial score (nSPS) is 17.9. The Hall–Kier alpha value is -3.78. The Morgan fingerprint density at radius 2 is 1.87 bits per heavy atom. The van der Waals surface area contributed by atoms with Crippen molar-refractivity contribution in [1.29, 1.82) is 0 Å². The van der Waals surface area contributed by atoms with E-state index >= 15 is 0 Å². The first-order chi connectivity index (χ1) is 14.8. The van der Waals surface area contributed by atoms with Gasteiger partial charge in [-0.1, -0.05) is 35.9 Å². The average molecular weight is 434 g/mol. The van der Waals surface area contributed by atoms with Crippen molar-refractivity contribution in [1.82, 2.24) is 0 Å². The fourth-order valence-electron chi connectivity index (χ4n) is 3.79. The number of hydrogen-bond donors (Lipinski definition) is 1. The van der Waals surface area contributed by atoms with Crippen LogP contribution in [0.5, 0.6) is 0 Å². The summed E-state index contributed by atoms with van der Waals surface area (Å²) in [6.07, 6.45) is 0. The van der Waals surface area contributed by atoms with Gasteiger partial charge in [0.05, 0.1) is 10.5 Å². The molecule has 1 fully saturated rings. The highest BCUT2D eigenvalue weighted by Gasteiger charge is 2.47. The molecule has 156 valence electrons. The lowest BCUT2D eigenvalue weighted by atomic mass is 9.99. The molecule has 8 heteroatoms. The van der Waals surface area contributed by atoms with E-state index in [1.54, 1.807) is 18.2 Å². The summed E-state index contributed by atoms with van der Waals surface area (Å²) in [6, 6.07) is 13.7. The number of carbonyl (C=O) groups is 2. The number of nitrogens with zero attached hydrogens (tertiary/aromatic N) is 2. The SMILES string of the molecule is Cc1ccc(N2C(=O)C(=O)/C(=C(\O)c3cccc([N+](=O)[O-])c3)C2c2cccs2)c(C)c1. The van der Waals surface area contributed by atoms with Gasteiger partial charge in [-0.2, -0.15) is 0 Å². The van der Waals surface area contributed by atoms with Crippen molar-refractivity contribution < 1.29 is 19.6 Å². The highest BCUT2D eigenvalue weighted by Crippen LogP contribution is 2.44. The molecule has 2 aromatic carbocycles. The van der Waals surface area contributed by atoms with E-state index in [2.05, 4.69) is 0 Å². The van der Waals surface area contributed by atoms with Crippen LogP contribution in [0.1, 0.15) is 27.6 Å². The number of Topliss-reactive ketones (excluding diaryl/α,β-unsaturated/α-hetero) is 1. The number of hydrogen-bond acceptors (Lipinski definition) is 6. The minimum atomic E-state index is -0.833. The Bertz CT molecular complexity index is 1250. The monoisotopic (exact) mass is 434 g/mol. The third kappa shape index (κ3) is 3.51. The van der Waals surface area contributed by atoms with Gasteiger partial charge in [0.2, 0.25) is 0 Å². The summed E-state index contributed by atoms with van der Waals surface area (Å²) >= 11 is 1.36. The predicted octanol–water partition coefficient (Wildman–Crippen LogP) is 4.90. The predicted molar refractivity (Wildman–Crippen MR) is 118 cm³/mol. The molecule has 1 unspecified atom stereocenters. The summed E-state index contributed by atoms with van der Waals surface area (Å²) in [6.45, 7) is 3.79. The summed E-state index contributed by atoms with van der Waals surface area (Å²) in [5, 5.41) is 24.0. The van der Waals surface area contributed by atoms with Crippen LogP contribution in [0.15, 0.2) is 65.6 Å². The van der Waals surface area contributed by atoms with Gasteiger partial charge in [-0.15, -0.1) is 11.3 Å². The standard InChI is InChI=1S/C23H18N2O5S/c1-13-8-9-17(14(2)11-13)24-20(18-7-4-10-31-18)19(22(27)23(24)28)21(26)15-5-3-6-16(12-15)25(29)30/h3-12,20,26H,1-2H3/b21-19-. The lowest BCUT2D eigenvalue weighted by molar-refractivity contribution is -0.384. The van der Waals surface area contributed by atoms with Gasteiger partial charge in [-0.25, -0.2) is 0 Å². The van der Waals surface area contributed by atoms with E-state index < -0.39 is 28.4 Å². The van der Waals surface area contributed by atoms with Crippen LogP contribution < -0.4 is 4.90 Å². The molecule has 1 N–H and O–H groups in total. The molecule has 7 nitrogen and oxygen atoms in total. The lowest BCUT2D eigenvalue weighted by Crippen LogP contribution is -2.29. The second kappa shape index (κ2) is 7.81. The number of amides is 1. The zero-order valence-corrected chi connectivity index (χ0v) is 17.6. The molecule has 0 aliphatic carbocycles. The second-order valence-electron chi connectivity index (χ2n) is 7.28. The topological polar surface area (TPSA) is 101 Å². The molecular weight excluding hydrogens is 416 g/mol. The van der Waals surface area contributed by atoms with Crippen molar-refractivity contribution in [2.45, 2.75) is 19.9 Å². The number of nitro groups is 1. The van der Waals surface area contributed by atoms with Crippen molar-refractivity contribution in [3.63, 3.8) is 0 Å². The molecule has 1 amide bonds. The molecule has 4 rings (SSSR count). The first-order valence-corrected chi connectivity index (χ1v) is 10.3. The molecule has 0 saturated carbocycles. The third-order valence-corrected chi connectivity index (χ3v) is 6.12. The molecule has 2 heterocycles. The number of aliphatic hydroxyl groups is 1. The van der Waals surface area contributed by atoms with Crippen LogP contribution in [-0.2, 0) is 9.59 Å². The molecule has 0 bridgehead atoms. The number of anilines is 1. The zero-order valence-electron chi connectivity index (χ0n) is 16.7. The van der Waals surface area contributed by atoms with E-state index in [0.29, 0.717) is 10.6 Å². The largest absolute Gasteiger partial charge is 0.507 e. The Kier molecular flexibility index (Phi) is 5.16. The first kappa shape index (κ1) is 20.5. The number of non-ortho nitro benzene ring substituents is 1. The fraction of sp³-hybridized carbons (Fsp3) is 0.130.